The predicted octanol–water partition coefficient (Wildman–Crippen LogP) is 5.24. The molecule has 1 N–H and O–H groups in total. The number of hydrogen-bond donors (Lipinski definition) is 1. The summed E-state index contributed by atoms with van der Waals surface area (Å²) in [6.45, 7) is 8.80. The molecule has 3 aromatic rings. The van der Waals surface area contributed by atoms with Gasteiger partial charge in [-0.25, -0.2) is 4.98 Å². The number of carbonyl (C=O) groups is 1. The van der Waals surface area contributed by atoms with Crippen LogP contribution in [0.15, 0.2) is 53.9 Å². The monoisotopic (exact) mass is 409 g/mol. The first-order chi connectivity index (χ1) is 14.1. The molecular formula is C23H27N3O2S. The predicted molar refractivity (Wildman–Crippen MR) is 121 cm³/mol. The topological polar surface area (TPSA) is 54.5 Å². The fourth-order valence-electron chi connectivity index (χ4n) is 3.10. The van der Waals surface area contributed by atoms with Crippen molar-refractivity contribution in [3.8, 4) is 16.3 Å². The highest BCUT2D eigenvalue weighted by Crippen LogP contribution is 2.26. The lowest BCUT2D eigenvalue weighted by molar-refractivity contribution is -0.115. The van der Waals surface area contributed by atoms with Crippen LogP contribution in [-0.2, 0) is 11.2 Å². The zero-order chi connectivity index (χ0) is 20.6. The van der Waals surface area contributed by atoms with Gasteiger partial charge in [0.2, 0.25) is 5.91 Å². The second-order valence-corrected chi connectivity index (χ2v) is 7.40. The van der Waals surface area contributed by atoms with Crippen molar-refractivity contribution in [3.63, 3.8) is 0 Å². The van der Waals surface area contributed by atoms with E-state index in [0.717, 1.165) is 46.5 Å². The lowest BCUT2D eigenvalue weighted by Gasteiger charge is -2.21. The number of hydrogen-bond acceptors (Lipinski definition) is 5. The molecule has 2 aromatic carbocycles. The molecule has 1 heterocycles. The van der Waals surface area contributed by atoms with E-state index in [2.05, 4.69) is 29.0 Å². The zero-order valence-corrected chi connectivity index (χ0v) is 18.0. The Kier molecular flexibility index (Phi) is 7.25. The number of nitrogens with zero attached hydrogens (tertiary/aromatic N) is 2. The molecule has 0 saturated heterocycles. The minimum atomic E-state index is -0.0656. The average molecular weight is 410 g/mol. The number of amides is 1. The summed E-state index contributed by atoms with van der Waals surface area (Å²) in [6, 6.07) is 15.8. The molecule has 0 fully saturated rings. The van der Waals surface area contributed by atoms with Gasteiger partial charge in [0.05, 0.1) is 18.7 Å². The van der Waals surface area contributed by atoms with Gasteiger partial charge >= 0.3 is 0 Å². The van der Waals surface area contributed by atoms with E-state index in [0.29, 0.717) is 6.61 Å². The van der Waals surface area contributed by atoms with Crippen LogP contribution >= 0.6 is 11.3 Å². The Hall–Kier alpha value is -2.86. The molecule has 1 amide bonds. The number of thiazole rings is 1. The summed E-state index contributed by atoms with van der Waals surface area (Å²) >= 11 is 1.54. The highest BCUT2D eigenvalue weighted by molar-refractivity contribution is 7.13. The zero-order valence-electron chi connectivity index (χ0n) is 17.1. The Morgan fingerprint density at radius 1 is 1.03 bits per heavy atom. The van der Waals surface area contributed by atoms with Crippen LogP contribution in [0.3, 0.4) is 0 Å². The molecule has 0 unspecified atom stereocenters. The van der Waals surface area contributed by atoms with E-state index in [9.17, 15) is 4.79 Å². The number of ether oxygens (including phenoxy) is 1. The van der Waals surface area contributed by atoms with Crippen molar-refractivity contribution in [1.82, 2.24) is 4.98 Å². The van der Waals surface area contributed by atoms with Gasteiger partial charge in [-0.2, -0.15) is 0 Å². The minimum Gasteiger partial charge on any atom is -0.494 e. The maximum Gasteiger partial charge on any atom is 0.230 e. The Labute approximate surface area is 176 Å². The molecule has 0 spiro atoms. The molecule has 0 aliphatic rings. The third-order valence-electron chi connectivity index (χ3n) is 4.59. The summed E-state index contributed by atoms with van der Waals surface area (Å²) < 4.78 is 5.47. The van der Waals surface area contributed by atoms with Gasteiger partial charge in [0.15, 0.2) is 0 Å². The van der Waals surface area contributed by atoms with Crippen LogP contribution in [0.1, 0.15) is 26.5 Å². The van der Waals surface area contributed by atoms with E-state index in [4.69, 9.17) is 4.74 Å². The second kappa shape index (κ2) is 10.1. The number of rotatable bonds is 9. The smallest absolute Gasteiger partial charge is 0.230 e. The normalized spacial score (nSPS) is 10.6. The highest BCUT2D eigenvalue weighted by atomic mass is 32.1. The Morgan fingerprint density at radius 3 is 2.34 bits per heavy atom. The number of carbonyl (C=O) groups excluding carboxylic acids is 1. The molecular weight excluding hydrogens is 382 g/mol. The van der Waals surface area contributed by atoms with Gasteiger partial charge in [-0.1, -0.05) is 0 Å². The Balaban J connectivity index is 1.58. The van der Waals surface area contributed by atoms with Crippen molar-refractivity contribution in [2.24, 2.45) is 0 Å². The standard InChI is InChI=1S/C23H27N3O2S/c1-4-26(5-2)20-11-9-18(10-12-20)24-22(27)15-19-16-29-23(25-19)17-7-13-21(14-8-17)28-6-3/h7-14,16H,4-6,15H2,1-3H3,(H,24,27). The quantitative estimate of drug-likeness (QED) is 0.525. The van der Waals surface area contributed by atoms with Gasteiger partial charge in [0.1, 0.15) is 10.8 Å². The molecule has 6 heteroatoms. The maximum absolute atomic E-state index is 12.4. The van der Waals surface area contributed by atoms with Gasteiger partial charge < -0.3 is 15.0 Å². The van der Waals surface area contributed by atoms with Crippen LogP contribution in [0.2, 0.25) is 0 Å². The number of benzene rings is 2. The van der Waals surface area contributed by atoms with Crippen molar-refractivity contribution in [2.45, 2.75) is 27.2 Å². The summed E-state index contributed by atoms with van der Waals surface area (Å²) in [7, 11) is 0. The molecule has 0 saturated carbocycles. The van der Waals surface area contributed by atoms with Gasteiger partial charge in [-0.05, 0) is 69.3 Å². The van der Waals surface area contributed by atoms with Crippen molar-refractivity contribution in [3.05, 3.63) is 59.6 Å². The second-order valence-electron chi connectivity index (χ2n) is 6.55. The van der Waals surface area contributed by atoms with E-state index in [1.807, 2.05) is 60.8 Å². The third-order valence-corrected chi connectivity index (χ3v) is 5.53. The van der Waals surface area contributed by atoms with Crippen LogP contribution in [-0.4, -0.2) is 30.6 Å². The maximum atomic E-state index is 12.4. The van der Waals surface area contributed by atoms with E-state index in [-0.39, 0.29) is 12.3 Å². The van der Waals surface area contributed by atoms with Crippen molar-refractivity contribution >= 4 is 28.6 Å². The SMILES string of the molecule is CCOc1ccc(-c2nc(CC(=O)Nc3ccc(N(CC)CC)cc3)cs2)cc1. The van der Waals surface area contributed by atoms with Crippen LogP contribution in [0.4, 0.5) is 11.4 Å². The number of aromatic nitrogens is 1. The summed E-state index contributed by atoms with van der Waals surface area (Å²) in [5.74, 6) is 0.781. The van der Waals surface area contributed by atoms with E-state index in [1.54, 1.807) is 11.3 Å². The molecule has 29 heavy (non-hydrogen) atoms. The highest BCUT2D eigenvalue weighted by Gasteiger charge is 2.10. The summed E-state index contributed by atoms with van der Waals surface area (Å²) in [6.07, 6.45) is 0.255. The molecule has 152 valence electrons. The van der Waals surface area contributed by atoms with Crippen molar-refractivity contribution in [2.75, 3.05) is 29.9 Å². The molecule has 3 rings (SSSR count). The molecule has 5 nitrogen and oxygen atoms in total. The van der Waals surface area contributed by atoms with Crippen LogP contribution in [0.25, 0.3) is 10.6 Å². The van der Waals surface area contributed by atoms with Crippen LogP contribution in [0.5, 0.6) is 5.75 Å². The third kappa shape index (κ3) is 5.57. The largest absolute Gasteiger partial charge is 0.494 e. The van der Waals surface area contributed by atoms with E-state index >= 15 is 0 Å². The molecule has 0 atom stereocenters. The van der Waals surface area contributed by atoms with Crippen molar-refractivity contribution < 1.29 is 9.53 Å². The molecule has 0 radical (unpaired) electrons. The summed E-state index contributed by atoms with van der Waals surface area (Å²) in [5, 5.41) is 5.80. The van der Waals surface area contributed by atoms with Gasteiger partial charge in [0.25, 0.3) is 0 Å². The first-order valence-corrected chi connectivity index (χ1v) is 10.8. The molecule has 1 aromatic heterocycles. The molecule has 0 aliphatic carbocycles. The van der Waals surface area contributed by atoms with Gasteiger partial charge in [-0.15, -0.1) is 11.3 Å². The molecule has 0 bridgehead atoms. The van der Waals surface area contributed by atoms with E-state index in [1.165, 1.54) is 0 Å². The lowest BCUT2D eigenvalue weighted by Crippen LogP contribution is -2.21. The Morgan fingerprint density at radius 2 is 1.72 bits per heavy atom. The van der Waals surface area contributed by atoms with Crippen LogP contribution in [0, 0.1) is 0 Å². The Bertz CT molecular complexity index is 916. The fourth-order valence-corrected chi connectivity index (χ4v) is 3.92. The van der Waals surface area contributed by atoms with Crippen molar-refractivity contribution in [1.29, 1.82) is 0 Å². The summed E-state index contributed by atoms with van der Waals surface area (Å²) in [5.41, 5.74) is 3.76. The van der Waals surface area contributed by atoms with Crippen LogP contribution < -0.4 is 15.0 Å². The summed E-state index contributed by atoms with van der Waals surface area (Å²) in [4.78, 5) is 19.3. The molecule has 0 aliphatic heterocycles. The average Bonchev–Trinajstić information content (AvgIpc) is 3.19. The van der Waals surface area contributed by atoms with Gasteiger partial charge in [-0.3, -0.25) is 4.79 Å². The van der Waals surface area contributed by atoms with Gasteiger partial charge in [0, 0.05) is 35.4 Å². The number of nitrogens with one attached hydrogen (secondary N) is 1. The number of anilines is 2. The fraction of sp³-hybridized carbons (Fsp3) is 0.304. The minimum absolute atomic E-state index is 0.0656. The van der Waals surface area contributed by atoms with E-state index < -0.39 is 0 Å². The first-order valence-electron chi connectivity index (χ1n) is 9.95. The lowest BCUT2D eigenvalue weighted by atomic mass is 10.2. The first kappa shape index (κ1) is 20.9.